The largest absolute Gasteiger partial charge is 0.382 e. The second-order valence-corrected chi connectivity index (χ2v) is 2.79. The summed E-state index contributed by atoms with van der Waals surface area (Å²) in [4.78, 5) is 0. The topological polar surface area (TPSA) is 27.7 Å². The zero-order chi connectivity index (χ0) is 9.40. The number of ether oxygens (including phenoxy) is 3. The Bertz CT molecular complexity index is 83.8. The van der Waals surface area contributed by atoms with Crippen LogP contribution in [0, 0.1) is 0 Å². The molecule has 0 spiro atoms. The van der Waals surface area contributed by atoms with Gasteiger partial charge in [-0.3, -0.25) is 0 Å². The van der Waals surface area contributed by atoms with E-state index in [1.807, 2.05) is 0 Å². The molecule has 0 amide bonds. The van der Waals surface area contributed by atoms with Crippen molar-refractivity contribution in [2.45, 2.75) is 32.0 Å². The van der Waals surface area contributed by atoms with Crippen LogP contribution in [0.5, 0.6) is 0 Å². The van der Waals surface area contributed by atoms with E-state index in [0.717, 1.165) is 12.8 Å². The van der Waals surface area contributed by atoms with Crippen LogP contribution in [0.1, 0.15) is 19.8 Å². The van der Waals surface area contributed by atoms with E-state index in [1.54, 1.807) is 21.3 Å². The number of hydrogen-bond acceptors (Lipinski definition) is 3. The molecular formula is C9H20O3. The molecule has 0 aliphatic rings. The lowest BCUT2D eigenvalue weighted by Gasteiger charge is -2.23. The highest BCUT2D eigenvalue weighted by Crippen LogP contribution is 2.09. The first-order valence-electron chi connectivity index (χ1n) is 4.34. The normalized spacial score (nSPS) is 16.0. The Balaban J connectivity index is 3.84. The zero-order valence-corrected chi connectivity index (χ0v) is 8.50. The maximum absolute atomic E-state index is 5.29. The average Bonchev–Trinajstić information content (AvgIpc) is 2.11. The van der Waals surface area contributed by atoms with Crippen molar-refractivity contribution in [2.75, 3.05) is 27.9 Å². The Hall–Kier alpha value is -0.120. The Labute approximate surface area is 75.0 Å². The van der Waals surface area contributed by atoms with Gasteiger partial charge in [0.25, 0.3) is 0 Å². The van der Waals surface area contributed by atoms with Crippen molar-refractivity contribution in [3.05, 3.63) is 0 Å². The summed E-state index contributed by atoms with van der Waals surface area (Å²) in [5.41, 5.74) is 0. The first-order valence-corrected chi connectivity index (χ1v) is 4.34. The summed E-state index contributed by atoms with van der Waals surface area (Å²) in [5, 5.41) is 0. The van der Waals surface area contributed by atoms with Gasteiger partial charge in [0.05, 0.1) is 12.7 Å². The van der Waals surface area contributed by atoms with E-state index in [9.17, 15) is 0 Å². The number of methoxy groups -OCH3 is 3. The van der Waals surface area contributed by atoms with Crippen molar-refractivity contribution in [3.8, 4) is 0 Å². The summed E-state index contributed by atoms with van der Waals surface area (Å²) in [5.74, 6) is 0. The van der Waals surface area contributed by atoms with E-state index in [2.05, 4.69) is 6.92 Å². The molecule has 0 heterocycles. The summed E-state index contributed by atoms with van der Waals surface area (Å²) in [6.45, 7) is 2.72. The second kappa shape index (κ2) is 7.53. The molecule has 0 bridgehead atoms. The fourth-order valence-electron chi connectivity index (χ4n) is 1.23. The van der Waals surface area contributed by atoms with E-state index in [-0.39, 0.29) is 12.2 Å². The maximum Gasteiger partial charge on any atom is 0.106 e. The van der Waals surface area contributed by atoms with E-state index in [1.165, 1.54) is 0 Å². The van der Waals surface area contributed by atoms with Gasteiger partial charge in [0, 0.05) is 21.3 Å². The van der Waals surface area contributed by atoms with Gasteiger partial charge in [0.1, 0.15) is 6.10 Å². The summed E-state index contributed by atoms with van der Waals surface area (Å²) < 4.78 is 15.6. The van der Waals surface area contributed by atoms with E-state index >= 15 is 0 Å². The molecule has 0 aromatic carbocycles. The monoisotopic (exact) mass is 176 g/mol. The molecule has 0 saturated heterocycles. The maximum atomic E-state index is 5.29. The Morgan fingerprint density at radius 2 is 1.58 bits per heavy atom. The SMILES string of the molecule is CCCC(OC)C(COC)OC. The summed E-state index contributed by atoms with van der Waals surface area (Å²) in [6.07, 6.45) is 2.32. The highest BCUT2D eigenvalue weighted by Gasteiger charge is 2.19. The summed E-state index contributed by atoms with van der Waals surface area (Å²) in [7, 11) is 5.07. The number of hydrogen-bond donors (Lipinski definition) is 0. The van der Waals surface area contributed by atoms with Crippen LogP contribution >= 0.6 is 0 Å². The molecule has 0 aliphatic carbocycles. The molecule has 12 heavy (non-hydrogen) atoms. The third kappa shape index (κ3) is 4.04. The molecular weight excluding hydrogens is 156 g/mol. The van der Waals surface area contributed by atoms with Gasteiger partial charge in [-0.2, -0.15) is 0 Å². The van der Waals surface area contributed by atoms with Crippen molar-refractivity contribution in [1.82, 2.24) is 0 Å². The van der Waals surface area contributed by atoms with E-state index in [0.29, 0.717) is 6.61 Å². The van der Waals surface area contributed by atoms with Crippen LogP contribution in [-0.2, 0) is 14.2 Å². The van der Waals surface area contributed by atoms with Gasteiger partial charge in [-0.1, -0.05) is 13.3 Å². The molecule has 0 fully saturated rings. The highest BCUT2D eigenvalue weighted by molar-refractivity contribution is 4.69. The molecule has 0 N–H and O–H groups in total. The van der Waals surface area contributed by atoms with Gasteiger partial charge in [0.2, 0.25) is 0 Å². The van der Waals surface area contributed by atoms with Crippen molar-refractivity contribution in [1.29, 1.82) is 0 Å². The Morgan fingerprint density at radius 1 is 1.00 bits per heavy atom. The predicted molar refractivity (Wildman–Crippen MR) is 48.4 cm³/mol. The van der Waals surface area contributed by atoms with E-state index in [4.69, 9.17) is 14.2 Å². The van der Waals surface area contributed by atoms with Crippen molar-refractivity contribution < 1.29 is 14.2 Å². The molecule has 0 aromatic rings. The van der Waals surface area contributed by atoms with Gasteiger partial charge in [-0.25, -0.2) is 0 Å². The van der Waals surface area contributed by atoms with E-state index < -0.39 is 0 Å². The van der Waals surface area contributed by atoms with Crippen molar-refractivity contribution in [3.63, 3.8) is 0 Å². The quantitative estimate of drug-likeness (QED) is 0.588. The molecule has 0 radical (unpaired) electrons. The third-order valence-corrected chi connectivity index (χ3v) is 1.92. The van der Waals surface area contributed by atoms with Gasteiger partial charge in [-0.15, -0.1) is 0 Å². The van der Waals surface area contributed by atoms with Crippen LogP contribution in [0.25, 0.3) is 0 Å². The van der Waals surface area contributed by atoms with Crippen LogP contribution in [-0.4, -0.2) is 40.1 Å². The van der Waals surface area contributed by atoms with Crippen LogP contribution < -0.4 is 0 Å². The molecule has 0 rings (SSSR count). The predicted octanol–water partition coefficient (Wildman–Crippen LogP) is 1.46. The summed E-state index contributed by atoms with van der Waals surface area (Å²) >= 11 is 0. The van der Waals surface area contributed by atoms with Gasteiger partial charge < -0.3 is 14.2 Å². The average molecular weight is 176 g/mol. The van der Waals surface area contributed by atoms with Gasteiger partial charge in [-0.05, 0) is 6.42 Å². The lowest BCUT2D eigenvalue weighted by Crippen LogP contribution is -2.33. The molecule has 3 heteroatoms. The standard InChI is InChI=1S/C9H20O3/c1-5-6-8(11-3)9(12-4)7-10-2/h8-9H,5-7H2,1-4H3. The van der Waals surface area contributed by atoms with Crippen molar-refractivity contribution >= 4 is 0 Å². The first-order chi connectivity index (χ1) is 5.79. The van der Waals surface area contributed by atoms with Crippen LogP contribution in [0.4, 0.5) is 0 Å². The van der Waals surface area contributed by atoms with Crippen molar-refractivity contribution in [2.24, 2.45) is 0 Å². The minimum atomic E-state index is 0.0555. The Kier molecular flexibility index (Phi) is 7.45. The molecule has 3 nitrogen and oxygen atoms in total. The summed E-state index contributed by atoms with van der Waals surface area (Å²) in [6, 6.07) is 0. The third-order valence-electron chi connectivity index (χ3n) is 1.92. The second-order valence-electron chi connectivity index (χ2n) is 2.79. The Morgan fingerprint density at radius 3 is 1.92 bits per heavy atom. The molecule has 0 aromatic heterocycles. The van der Waals surface area contributed by atoms with Crippen LogP contribution in [0.15, 0.2) is 0 Å². The molecule has 2 unspecified atom stereocenters. The zero-order valence-electron chi connectivity index (χ0n) is 8.50. The highest BCUT2D eigenvalue weighted by atomic mass is 16.6. The smallest absolute Gasteiger partial charge is 0.106 e. The van der Waals surface area contributed by atoms with Gasteiger partial charge >= 0.3 is 0 Å². The first kappa shape index (κ1) is 11.9. The minimum absolute atomic E-state index is 0.0555. The van der Waals surface area contributed by atoms with Crippen LogP contribution in [0.3, 0.4) is 0 Å². The lowest BCUT2D eigenvalue weighted by atomic mass is 10.1. The fourth-order valence-corrected chi connectivity index (χ4v) is 1.23. The van der Waals surface area contributed by atoms with Gasteiger partial charge in [0.15, 0.2) is 0 Å². The fraction of sp³-hybridized carbons (Fsp3) is 1.00. The molecule has 74 valence electrons. The number of rotatable bonds is 7. The molecule has 2 atom stereocenters. The molecule has 0 aliphatic heterocycles. The van der Waals surface area contributed by atoms with Crippen LogP contribution in [0.2, 0.25) is 0 Å². The minimum Gasteiger partial charge on any atom is -0.382 e. The molecule has 0 saturated carbocycles. The lowest BCUT2D eigenvalue weighted by molar-refractivity contribution is -0.0706.